The van der Waals surface area contributed by atoms with Crippen LogP contribution in [0.1, 0.15) is 31.9 Å². The summed E-state index contributed by atoms with van der Waals surface area (Å²) in [5.74, 6) is 5.36. The number of carbonyl (C=O) groups is 1. The van der Waals surface area contributed by atoms with Gasteiger partial charge in [0.25, 0.3) is 0 Å². The van der Waals surface area contributed by atoms with Crippen molar-refractivity contribution in [1.29, 1.82) is 0 Å². The minimum absolute atomic E-state index is 0.425. The Bertz CT molecular complexity index is 1030. The second-order valence-corrected chi connectivity index (χ2v) is 7.33. The number of hydrogen-bond donors (Lipinski definition) is 1. The molecule has 4 heteroatoms. The largest absolute Gasteiger partial charge is 0.444 e. The van der Waals surface area contributed by atoms with E-state index < -0.39 is 11.7 Å². The van der Waals surface area contributed by atoms with Crippen molar-refractivity contribution in [2.24, 2.45) is 0 Å². The van der Waals surface area contributed by atoms with E-state index in [2.05, 4.69) is 21.7 Å². The van der Waals surface area contributed by atoms with Crippen LogP contribution in [0.15, 0.2) is 36.4 Å². The van der Waals surface area contributed by atoms with E-state index in [0.717, 1.165) is 32.9 Å². The lowest BCUT2D eigenvalue weighted by Crippen LogP contribution is -2.34. The predicted molar refractivity (Wildman–Crippen MR) is 110 cm³/mol. The lowest BCUT2D eigenvalue weighted by atomic mass is 10.1. The molecule has 4 nitrogen and oxygen atoms in total. The summed E-state index contributed by atoms with van der Waals surface area (Å²) in [6, 6.07) is 11.9. The van der Waals surface area contributed by atoms with E-state index in [4.69, 9.17) is 17.6 Å². The average molecular weight is 358 g/mol. The number of terminal acetylenes is 2. The highest BCUT2D eigenvalue weighted by molar-refractivity contribution is 6.08. The summed E-state index contributed by atoms with van der Waals surface area (Å²) in [6.45, 7) is 6.50. The van der Waals surface area contributed by atoms with Gasteiger partial charge in [0.1, 0.15) is 5.60 Å². The minimum Gasteiger partial charge on any atom is -0.444 e. The van der Waals surface area contributed by atoms with Gasteiger partial charge in [-0.2, -0.15) is 0 Å². The molecule has 0 aliphatic carbocycles. The van der Waals surface area contributed by atoms with Crippen molar-refractivity contribution in [1.82, 2.24) is 9.88 Å². The van der Waals surface area contributed by atoms with Crippen molar-refractivity contribution in [2.45, 2.75) is 32.9 Å². The zero-order valence-electron chi connectivity index (χ0n) is 15.8. The topological polar surface area (TPSA) is 43.3 Å². The molecule has 1 amide bonds. The van der Waals surface area contributed by atoms with Crippen molar-refractivity contribution in [3.63, 3.8) is 0 Å². The molecule has 0 spiro atoms. The Morgan fingerprint density at radius 1 is 1.04 bits per heavy atom. The molecule has 0 saturated carbocycles. The number of aromatic nitrogens is 1. The summed E-state index contributed by atoms with van der Waals surface area (Å²) < 4.78 is 7.42. The van der Waals surface area contributed by atoms with E-state index >= 15 is 0 Å². The maximum Gasteiger partial charge on any atom is 0.407 e. The van der Waals surface area contributed by atoms with E-state index in [9.17, 15) is 4.79 Å². The van der Waals surface area contributed by atoms with Crippen LogP contribution in [0.2, 0.25) is 0 Å². The van der Waals surface area contributed by atoms with Crippen molar-refractivity contribution in [2.75, 3.05) is 6.54 Å². The van der Waals surface area contributed by atoms with Gasteiger partial charge in [-0.3, -0.25) is 0 Å². The van der Waals surface area contributed by atoms with Gasteiger partial charge in [0.2, 0.25) is 0 Å². The first kappa shape index (κ1) is 18.4. The van der Waals surface area contributed by atoms with Crippen molar-refractivity contribution in [3.8, 4) is 24.7 Å². The molecule has 1 aromatic heterocycles. The molecule has 136 valence electrons. The van der Waals surface area contributed by atoms with Crippen molar-refractivity contribution < 1.29 is 9.53 Å². The maximum atomic E-state index is 11.9. The number of ether oxygens (including phenoxy) is 1. The molecule has 0 bridgehead atoms. The van der Waals surface area contributed by atoms with E-state index in [1.807, 2.05) is 57.2 Å². The molecule has 27 heavy (non-hydrogen) atoms. The number of rotatable bonds is 3. The van der Waals surface area contributed by atoms with Gasteiger partial charge in [-0.1, -0.05) is 24.0 Å². The number of carbonyl (C=O) groups excluding carboxylic acids is 1. The van der Waals surface area contributed by atoms with Gasteiger partial charge < -0.3 is 14.6 Å². The van der Waals surface area contributed by atoms with Crippen molar-refractivity contribution >= 4 is 27.9 Å². The Labute approximate surface area is 159 Å². The zero-order valence-corrected chi connectivity index (χ0v) is 15.8. The summed E-state index contributed by atoms with van der Waals surface area (Å²) in [4.78, 5) is 11.9. The molecule has 0 unspecified atom stereocenters. The fourth-order valence-electron chi connectivity index (χ4n) is 3.10. The Morgan fingerprint density at radius 2 is 1.56 bits per heavy atom. The third-order valence-electron chi connectivity index (χ3n) is 4.20. The molecule has 0 fully saturated rings. The van der Waals surface area contributed by atoms with Crippen LogP contribution in [0.25, 0.3) is 21.8 Å². The molecular weight excluding hydrogens is 336 g/mol. The van der Waals surface area contributed by atoms with E-state index in [1.165, 1.54) is 0 Å². The number of benzene rings is 2. The van der Waals surface area contributed by atoms with Crippen LogP contribution in [-0.4, -0.2) is 22.8 Å². The van der Waals surface area contributed by atoms with Gasteiger partial charge in [-0.05, 0) is 45.0 Å². The van der Waals surface area contributed by atoms with Crippen LogP contribution in [0.5, 0.6) is 0 Å². The summed E-state index contributed by atoms with van der Waals surface area (Å²) in [6.07, 6.45) is 10.7. The van der Waals surface area contributed by atoms with Gasteiger partial charge in [-0.15, -0.1) is 12.8 Å². The van der Waals surface area contributed by atoms with Gasteiger partial charge in [-0.25, -0.2) is 4.79 Å². The average Bonchev–Trinajstić information content (AvgIpc) is 2.92. The Kier molecular flexibility index (Phi) is 4.84. The molecule has 3 aromatic rings. The number of nitrogens with zero attached hydrogens (tertiary/aromatic N) is 1. The summed E-state index contributed by atoms with van der Waals surface area (Å²) in [7, 11) is 0. The fraction of sp³-hybridized carbons (Fsp3) is 0.261. The third kappa shape index (κ3) is 3.91. The second-order valence-electron chi connectivity index (χ2n) is 7.33. The third-order valence-corrected chi connectivity index (χ3v) is 4.20. The summed E-state index contributed by atoms with van der Waals surface area (Å²) in [5, 5.41) is 5.00. The normalized spacial score (nSPS) is 11.1. The van der Waals surface area contributed by atoms with Gasteiger partial charge in [0.05, 0.1) is 11.0 Å². The molecule has 0 aliphatic rings. The van der Waals surface area contributed by atoms with E-state index in [0.29, 0.717) is 13.1 Å². The number of alkyl carbamates (subject to hydrolysis) is 1. The molecule has 0 aliphatic heterocycles. The van der Waals surface area contributed by atoms with Gasteiger partial charge in [0, 0.05) is 35.0 Å². The van der Waals surface area contributed by atoms with Crippen LogP contribution in [0.4, 0.5) is 4.79 Å². The Hall–Kier alpha value is -3.37. The highest BCUT2D eigenvalue weighted by Crippen LogP contribution is 2.30. The molecule has 0 atom stereocenters. The first-order chi connectivity index (χ1) is 12.8. The van der Waals surface area contributed by atoms with Crippen LogP contribution >= 0.6 is 0 Å². The summed E-state index contributed by atoms with van der Waals surface area (Å²) >= 11 is 0. The molecule has 0 radical (unpaired) electrons. The highest BCUT2D eigenvalue weighted by Gasteiger charge is 2.16. The monoisotopic (exact) mass is 358 g/mol. The highest BCUT2D eigenvalue weighted by atomic mass is 16.6. The molecule has 2 aromatic carbocycles. The van der Waals surface area contributed by atoms with Crippen molar-refractivity contribution in [3.05, 3.63) is 47.5 Å². The zero-order chi connectivity index (χ0) is 19.6. The molecule has 1 N–H and O–H groups in total. The molecular formula is C23H22N2O2. The predicted octanol–water partition coefficient (Wildman–Crippen LogP) is 4.28. The SMILES string of the molecule is C#Cc1ccc2c3ccc(C#C)cc3n(CCNC(=O)OC(C)(C)C)c2c1. The lowest BCUT2D eigenvalue weighted by Gasteiger charge is -2.19. The van der Waals surface area contributed by atoms with Crippen LogP contribution < -0.4 is 5.32 Å². The van der Waals surface area contributed by atoms with Crippen LogP contribution in [0.3, 0.4) is 0 Å². The second kappa shape index (κ2) is 7.09. The van der Waals surface area contributed by atoms with Gasteiger partial charge >= 0.3 is 6.09 Å². The molecule has 3 rings (SSSR count). The first-order valence-corrected chi connectivity index (χ1v) is 8.78. The van der Waals surface area contributed by atoms with Crippen LogP contribution in [0, 0.1) is 24.7 Å². The Balaban J connectivity index is 1.97. The lowest BCUT2D eigenvalue weighted by molar-refractivity contribution is 0.0526. The maximum absolute atomic E-state index is 11.9. The van der Waals surface area contributed by atoms with E-state index in [1.54, 1.807) is 0 Å². The van der Waals surface area contributed by atoms with Gasteiger partial charge in [0.15, 0.2) is 0 Å². The number of hydrogen-bond acceptors (Lipinski definition) is 2. The number of amides is 1. The molecule has 0 saturated heterocycles. The molecule has 1 heterocycles. The fourth-order valence-corrected chi connectivity index (χ4v) is 3.10. The standard InChI is InChI=1S/C23H22N2O2/c1-6-16-8-10-18-19-11-9-17(7-2)15-21(19)25(20(18)14-16)13-12-24-22(26)27-23(3,4)5/h1-2,8-11,14-15H,12-13H2,3-5H3,(H,24,26). The summed E-state index contributed by atoms with van der Waals surface area (Å²) in [5.41, 5.74) is 3.12. The Morgan fingerprint density at radius 3 is 2.00 bits per heavy atom. The van der Waals surface area contributed by atoms with E-state index in [-0.39, 0.29) is 0 Å². The number of fused-ring (bicyclic) bond motifs is 3. The first-order valence-electron chi connectivity index (χ1n) is 8.78. The smallest absolute Gasteiger partial charge is 0.407 e. The number of nitrogens with one attached hydrogen (secondary N) is 1. The minimum atomic E-state index is -0.527. The van der Waals surface area contributed by atoms with Crippen LogP contribution in [-0.2, 0) is 11.3 Å². The quantitative estimate of drug-likeness (QED) is 0.710.